The van der Waals surface area contributed by atoms with Crippen molar-refractivity contribution in [2.45, 2.75) is 26.3 Å². The van der Waals surface area contributed by atoms with Gasteiger partial charge >= 0.3 is 0 Å². The summed E-state index contributed by atoms with van der Waals surface area (Å²) < 4.78 is 18.8. The van der Waals surface area contributed by atoms with E-state index in [1.807, 2.05) is 51.0 Å². The van der Waals surface area contributed by atoms with Crippen LogP contribution in [-0.4, -0.2) is 38.1 Å². The Balaban J connectivity index is 1.98. The quantitative estimate of drug-likeness (QED) is 0.783. The first kappa shape index (κ1) is 19.9. The van der Waals surface area contributed by atoms with E-state index in [9.17, 15) is 9.18 Å². The van der Waals surface area contributed by atoms with Gasteiger partial charge in [0, 0.05) is 0 Å². The molecule has 0 spiro atoms. The predicted molar refractivity (Wildman–Crippen MR) is 102 cm³/mol. The van der Waals surface area contributed by atoms with Crippen LogP contribution in [0, 0.1) is 19.7 Å². The highest BCUT2D eigenvalue weighted by Crippen LogP contribution is 2.19. The fourth-order valence-electron chi connectivity index (χ4n) is 2.59. The number of nitrogens with zero attached hydrogens (tertiary/aromatic N) is 1. The Labute approximate surface area is 155 Å². The van der Waals surface area contributed by atoms with Crippen LogP contribution in [0.5, 0.6) is 5.75 Å². The van der Waals surface area contributed by atoms with E-state index in [1.54, 1.807) is 12.1 Å². The zero-order valence-corrected chi connectivity index (χ0v) is 15.9. The summed E-state index contributed by atoms with van der Waals surface area (Å²) in [5, 5.41) is 2.99. The number of carbonyl (C=O) groups is 1. The molecule has 0 radical (unpaired) electrons. The van der Waals surface area contributed by atoms with E-state index in [2.05, 4.69) is 5.32 Å². The smallest absolute Gasteiger partial charge is 0.258 e. The Morgan fingerprint density at radius 3 is 2.42 bits per heavy atom. The van der Waals surface area contributed by atoms with Crippen molar-refractivity contribution in [1.82, 2.24) is 10.2 Å². The summed E-state index contributed by atoms with van der Waals surface area (Å²) >= 11 is 0. The zero-order chi connectivity index (χ0) is 19.1. The molecule has 0 aliphatic carbocycles. The van der Waals surface area contributed by atoms with E-state index >= 15 is 0 Å². The number of hydrogen-bond donors (Lipinski definition) is 1. The van der Waals surface area contributed by atoms with Crippen LogP contribution in [0.1, 0.15) is 29.2 Å². The normalized spacial score (nSPS) is 12.1. The summed E-state index contributed by atoms with van der Waals surface area (Å²) in [7, 11) is 3.96. The van der Waals surface area contributed by atoms with E-state index in [4.69, 9.17) is 4.74 Å². The lowest BCUT2D eigenvalue weighted by Crippen LogP contribution is -2.34. The molecule has 0 aromatic heterocycles. The molecule has 0 saturated heterocycles. The molecule has 5 heteroatoms. The first-order valence-corrected chi connectivity index (χ1v) is 8.75. The van der Waals surface area contributed by atoms with Gasteiger partial charge in [-0.25, -0.2) is 4.39 Å². The fraction of sp³-hybridized carbons (Fsp3) is 0.381. The number of benzene rings is 2. The molecule has 0 fully saturated rings. The van der Waals surface area contributed by atoms with E-state index in [-0.39, 0.29) is 24.4 Å². The molecular weight excluding hydrogens is 331 g/mol. The summed E-state index contributed by atoms with van der Waals surface area (Å²) in [4.78, 5) is 14.4. The molecule has 2 rings (SSSR count). The van der Waals surface area contributed by atoms with E-state index in [1.165, 1.54) is 17.7 Å². The lowest BCUT2D eigenvalue weighted by atomic mass is 10.0. The summed E-state index contributed by atoms with van der Waals surface area (Å²) in [5.41, 5.74) is 3.19. The SMILES string of the molecule is Cc1ccc(OCC(=O)NC(CCN(C)C)c2ccc(F)cc2)cc1C. The van der Waals surface area contributed by atoms with Crippen molar-refractivity contribution in [3.63, 3.8) is 0 Å². The summed E-state index contributed by atoms with van der Waals surface area (Å²) in [6.45, 7) is 4.79. The highest BCUT2D eigenvalue weighted by atomic mass is 19.1. The molecule has 0 saturated carbocycles. The molecule has 4 nitrogen and oxygen atoms in total. The number of amides is 1. The first-order chi connectivity index (χ1) is 12.3. The Morgan fingerprint density at radius 2 is 1.81 bits per heavy atom. The van der Waals surface area contributed by atoms with Crippen molar-refractivity contribution in [3.8, 4) is 5.75 Å². The average Bonchev–Trinajstić information content (AvgIpc) is 2.60. The molecule has 1 amide bonds. The highest BCUT2D eigenvalue weighted by Gasteiger charge is 2.15. The van der Waals surface area contributed by atoms with Gasteiger partial charge in [0.2, 0.25) is 0 Å². The second kappa shape index (κ2) is 9.34. The number of carbonyl (C=O) groups excluding carboxylic acids is 1. The Morgan fingerprint density at radius 1 is 1.12 bits per heavy atom. The van der Waals surface area contributed by atoms with Crippen LogP contribution in [-0.2, 0) is 4.79 Å². The van der Waals surface area contributed by atoms with E-state index in [0.717, 1.165) is 24.1 Å². The van der Waals surface area contributed by atoms with Crippen LogP contribution < -0.4 is 10.1 Å². The topological polar surface area (TPSA) is 41.6 Å². The molecule has 1 unspecified atom stereocenters. The van der Waals surface area contributed by atoms with Crippen molar-refractivity contribution >= 4 is 5.91 Å². The van der Waals surface area contributed by atoms with Crippen molar-refractivity contribution in [2.24, 2.45) is 0 Å². The van der Waals surface area contributed by atoms with Gasteiger partial charge in [0.05, 0.1) is 6.04 Å². The molecule has 2 aromatic carbocycles. The maximum atomic E-state index is 13.2. The van der Waals surface area contributed by atoms with E-state index in [0.29, 0.717) is 5.75 Å². The standard InChI is InChI=1S/C21H27FN2O2/c1-15-5-10-19(13-16(15)2)26-14-21(25)23-20(11-12-24(3)4)17-6-8-18(22)9-7-17/h5-10,13,20H,11-12,14H2,1-4H3,(H,23,25). The van der Waals surface area contributed by atoms with Crippen molar-refractivity contribution in [3.05, 3.63) is 65.0 Å². The summed E-state index contributed by atoms with van der Waals surface area (Å²) in [6, 6.07) is 11.8. The van der Waals surface area contributed by atoms with Crippen LogP contribution in [0.15, 0.2) is 42.5 Å². The zero-order valence-electron chi connectivity index (χ0n) is 15.9. The summed E-state index contributed by atoms with van der Waals surface area (Å²) in [6.07, 6.45) is 0.730. The maximum Gasteiger partial charge on any atom is 0.258 e. The van der Waals surface area contributed by atoms with Gasteiger partial charge in [0.15, 0.2) is 6.61 Å². The predicted octanol–water partition coefficient (Wildman–Crippen LogP) is 3.63. The Bertz CT molecular complexity index is 729. The molecule has 0 heterocycles. The molecule has 140 valence electrons. The number of halogens is 1. The highest BCUT2D eigenvalue weighted by molar-refractivity contribution is 5.78. The number of rotatable bonds is 8. The van der Waals surface area contributed by atoms with Gasteiger partial charge < -0.3 is 15.0 Å². The molecule has 0 aliphatic rings. The molecule has 0 aliphatic heterocycles. The van der Waals surface area contributed by atoms with Crippen LogP contribution in [0.25, 0.3) is 0 Å². The van der Waals surface area contributed by atoms with Crippen molar-refractivity contribution in [1.29, 1.82) is 0 Å². The second-order valence-electron chi connectivity index (χ2n) is 6.80. The van der Waals surface area contributed by atoms with Gasteiger partial charge in [0.25, 0.3) is 5.91 Å². The molecule has 1 N–H and O–H groups in total. The minimum atomic E-state index is -0.287. The number of aryl methyl sites for hydroxylation is 2. The van der Waals surface area contributed by atoms with Gasteiger partial charge in [-0.3, -0.25) is 4.79 Å². The van der Waals surface area contributed by atoms with Crippen LogP contribution >= 0.6 is 0 Å². The monoisotopic (exact) mass is 358 g/mol. The summed E-state index contributed by atoms with van der Waals surface area (Å²) in [5.74, 6) is 0.190. The first-order valence-electron chi connectivity index (χ1n) is 8.75. The van der Waals surface area contributed by atoms with Crippen LogP contribution in [0.2, 0.25) is 0 Å². The van der Waals surface area contributed by atoms with Crippen molar-refractivity contribution < 1.29 is 13.9 Å². The number of nitrogens with one attached hydrogen (secondary N) is 1. The number of hydrogen-bond acceptors (Lipinski definition) is 3. The third-order valence-electron chi connectivity index (χ3n) is 4.32. The molecule has 2 aromatic rings. The minimum absolute atomic E-state index is 0.0534. The lowest BCUT2D eigenvalue weighted by molar-refractivity contribution is -0.123. The molecule has 1 atom stereocenters. The van der Waals surface area contributed by atoms with Gasteiger partial charge in [-0.05, 0) is 81.9 Å². The van der Waals surface area contributed by atoms with E-state index < -0.39 is 0 Å². The van der Waals surface area contributed by atoms with Crippen LogP contribution in [0.4, 0.5) is 4.39 Å². The Hall–Kier alpha value is -2.40. The van der Waals surface area contributed by atoms with Crippen LogP contribution in [0.3, 0.4) is 0 Å². The second-order valence-corrected chi connectivity index (χ2v) is 6.80. The molecule has 26 heavy (non-hydrogen) atoms. The molecular formula is C21H27FN2O2. The Kier molecular flexibility index (Phi) is 7.16. The lowest BCUT2D eigenvalue weighted by Gasteiger charge is -2.21. The minimum Gasteiger partial charge on any atom is -0.484 e. The van der Waals surface area contributed by atoms with Gasteiger partial charge in [-0.15, -0.1) is 0 Å². The van der Waals surface area contributed by atoms with Gasteiger partial charge in [-0.1, -0.05) is 18.2 Å². The molecule has 0 bridgehead atoms. The maximum absolute atomic E-state index is 13.2. The fourth-order valence-corrected chi connectivity index (χ4v) is 2.59. The van der Waals surface area contributed by atoms with Gasteiger partial charge in [0.1, 0.15) is 11.6 Å². The average molecular weight is 358 g/mol. The third-order valence-corrected chi connectivity index (χ3v) is 4.32. The number of ether oxygens (including phenoxy) is 1. The third kappa shape index (κ3) is 6.15. The van der Waals surface area contributed by atoms with Crippen molar-refractivity contribution in [2.75, 3.05) is 27.2 Å². The van der Waals surface area contributed by atoms with Gasteiger partial charge in [-0.2, -0.15) is 0 Å². The largest absolute Gasteiger partial charge is 0.484 e.